The van der Waals surface area contributed by atoms with E-state index in [0.29, 0.717) is 10.4 Å². The van der Waals surface area contributed by atoms with E-state index in [1.165, 1.54) is 42.2 Å². The first-order valence-corrected chi connectivity index (χ1v) is 11.2. The summed E-state index contributed by atoms with van der Waals surface area (Å²) in [4.78, 5) is 17.4. The van der Waals surface area contributed by atoms with Crippen LogP contribution in [0.4, 0.5) is 18.9 Å². The summed E-state index contributed by atoms with van der Waals surface area (Å²) in [5.74, 6) is -1.79. The zero-order valence-electron chi connectivity index (χ0n) is 19.7. The Hall–Kier alpha value is -4.55. The molecule has 196 valence electrons. The van der Waals surface area contributed by atoms with Crippen LogP contribution in [0, 0.1) is 18.3 Å². The minimum absolute atomic E-state index is 0.0865. The summed E-state index contributed by atoms with van der Waals surface area (Å²) in [7, 11) is 1.42. The molecule has 1 amide bonds. The van der Waals surface area contributed by atoms with Crippen molar-refractivity contribution >= 4 is 23.2 Å². The Morgan fingerprint density at radius 3 is 2.68 bits per heavy atom. The first-order valence-electron chi connectivity index (χ1n) is 10.8. The smallest absolute Gasteiger partial charge is 0.368 e. The van der Waals surface area contributed by atoms with Crippen LogP contribution in [0.25, 0.3) is 5.82 Å². The predicted octanol–water partition coefficient (Wildman–Crippen LogP) is 2.62. The molecule has 1 unspecified atom stereocenters. The van der Waals surface area contributed by atoms with E-state index < -0.39 is 24.1 Å². The summed E-state index contributed by atoms with van der Waals surface area (Å²) in [6, 6.07) is 9.39. The highest BCUT2D eigenvalue weighted by molar-refractivity contribution is 6.32. The van der Waals surface area contributed by atoms with Gasteiger partial charge in [0.25, 0.3) is 11.7 Å². The molecule has 16 heteroatoms. The Morgan fingerprint density at radius 2 is 2.05 bits per heavy atom. The lowest BCUT2D eigenvalue weighted by Crippen LogP contribution is -2.23. The van der Waals surface area contributed by atoms with E-state index in [1.54, 1.807) is 13.0 Å². The van der Waals surface area contributed by atoms with Gasteiger partial charge in [-0.15, -0.1) is 10.2 Å². The van der Waals surface area contributed by atoms with Crippen LogP contribution in [-0.4, -0.2) is 53.0 Å². The zero-order valence-corrected chi connectivity index (χ0v) is 20.4. The molecule has 12 nitrogen and oxygen atoms in total. The maximum Gasteiger partial charge on any atom is 0.455 e. The van der Waals surface area contributed by atoms with Gasteiger partial charge in [-0.2, -0.15) is 28.3 Å². The minimum Gasteiger partial charge on any atom is -0.368 e. The van der Waals surface area contributed by atoms with Gasteiger partial charge in [-0.25, -0.2) is 9.67 Å². The highest BCUT2D eigenvalue weighted by Crippen LogP contribution is 2.29. The van der Waals surface area contributed by atoms with Crippen LogP contribution in [0.3, 0.4) is 0 Å². The molecule has 3 heterocycles. The van der Waals surface area contributed by atoms with Gasteiger partial charge in [0, 0.05) is 13.2 Å². The number of benzene rings is 1. The van der Waals surface area contributed by atoms with Crippen LogP contribution >= 0.6 is 11.6 Å². The molecule has 0 saturated heterocycles. The summed E-state index contributed by atoms with van der Waals surface area (Å²) in [6.45, 7) is 1.33. The monoisotopic (exact) mass is 546 g/mol. The maximum atomic E-state index is 12.9. The number of hydrogen-bond acceptors (Lipinski definition) is 9. The van der Waals surface area contributed by atoms with E-state index in [0.717, 1.165) is 0 Å². The second-order valence-electron chi connectivity index (χ2n) is 7.88. The number of aromatic nitrogens is 7. The van der Waals surface area contributed by atoms with Crippen molar-refractivity contribution in [1.82, 2.24) is 40.3 Å². The van der Waals surface area contributed by atoms with Crippen molar-refractivity contribution in [2.24, 2.45) is 0 Å². The third kappa shape index (κ3) is 5.41. The van der Waals surface area contributed by atoms with Gasteiger partial charge in [-0.1, -0.05) is 11.6 Å². The standard InChI is InChI=1S/C22H18ClF3N10O2/c1-11-6-12(9-27)7-14(19(37)28-2)17(11)30-20(38)16-8-13(10-35-33-21(31-34-35)22(24,25)26)32-36(16)18-15(23)4-3-5-29-18/h3-8,20,30,38H,10H2,1-2H3,(H,28,37). The third-order valence-corrected chi connectivity index (χ3v) is 5.53. The van der Waals surface area contributed by atoms with Crippen LogP contribution in [0.2, 0.25) is 5.02 Å². The van der Waals surface area contributed by atoms with Crippen molar-refractivity contribution in [2.75, 3.05) is 12.4 Å². The van der Waals surface area contributed by atoms with E-state index in [9.17, 15) is 28.3 Å². The SMILES string of the molecule is CNC(=O)c1cc(C#N)cc(C)c1NC(O)c1cc(Cn2nnc(C(F)(F)F)n2)nn1-c1ncccc1Cl. The lowest BCUT2D eigenvalue weighted by Gasteiger charge is -2.20. The molecule has 0 fully saturated rings. The second kappa shape index (κ2) is 10.4. The number of alkyl halides is 3. The van der Waals surface area contributed by atoms with Crippen molar-refractivity contribution in [3.63, 3.8) is 0 Å². The van der Waals surface area contributed by atoms with Crippen LogP contribution < -0.4 is 10.6 Å². The van der Waals surface area contributed by atoms with Gasteiger partial charge in [-0.05, 0) is 48.0 Å². The van der Waals surface area contributed by atoms with Gasteiger partial charge in [-0.3, -0.25) is 4.79 Å². The highest BCUT2D eigenvalue weighted by atomic mass is 35.5. The number of nitrogens with one attached hydrogen (secondary N) is 2. The average molecular weight is 547 g/mol. The summed E-state index contributed by atoms with van der Waals surface area (Å²) in [5.41, 5.74) is 1.32. The zero-order chi connectivity index (χ0) is 27.6. The largest absolute Gasteiger partial charge is 0.455 e. The molecule has 0 aliphatic carbocycles. The summed E-state index contributed by atoms with van der Waals surface area (Å²) in [5, 5.41) is 40.0. The fraction of sp³-hybridized carbons (Fsp3) is 0.227. The predicted molar refractivity (Wildman–Crippen MR) is 126 cm³/mol. The van der Waals surface area contributed by atoms with E-state index in [1.807, 2.05) is 6.07 Å². The Balaban J connectivity index is 1.75. The Kier molecular flexibility index (Phi) is 7.28. The number of nitrogens with zero attached hydrogens (tertiary/aromatic N) is 8. The number of carbonyl (C=O) groups excluding carboxylic acids is 1. The lowest BCUT2D eigenvalue weighted by molar-refractivity contribution is -0.145. The second-order valence-corrected chi connectivity index (χ2v) is 8.28. The quantitative estimate of drug-likeness (QED) is 0.296. The molecule has 4 rings (SSSR count). The van der Waals surface area contributed by atoms with Crippen LogP contribution in [-0.2, 0) is 12.7 Å². The van der Waals surface area contributed by atoms with E-state index in [-0.39, 0.29) is 45.6 Å². The summed E-state index contributed by atoms with van der Waals surface area (Å²) >= 11 is 6.29. The van der Waals surface area contributed by atoms with E-state index in [4.69, 9.17) is 11.6 Å². The Labute approximate surface area is 217 Å². The summed E-state index contributed by atoms with van der Waals surface area (Å²) in [6.07, 6.45) is -4.85. The van der Waals surface area contributed by atoms with Crippen molar-refractivity contribution in [1.29, 1.82) is 5.26 Å². The first-order chi connectivity index (χ1) is 18.0. The number of halogens is 4. The molecular formula is C22H18ClF3N10O2. The number of hydrogen-bond donors (Lipinski definition) is 3. The van der Waals surface area contributed by atoms with Gasteiger partial charge >= 0.3 is 6.18 Å². The number of tetrazole rings is 1. The fourth-order valence-electron chi connectivity index (χ4n) is 3.56. The molecule has 3 N–H and O–H groups in total. The molecule has 0 spiro atoms. The van der Waals surface area contributed by atoms with Crippen LogP contribution in [0.1, 0.15) is 44.9 Å². The number of rotatable bonds is 7. The number of anilines is 1. The molecule has 4 aromatic rings. The molecule has 38 heavy (non-hydrogen) atoms. The lowest BCUT2D eigenvalue weighted by atomic mass is 10.0. The molecule has 0 bridgehead atoms. The normalized spacial score (nSPS) is 12.2. The molecule has 0 aliphatic heterocycles. The van der Waals surface area contributed by atoms with Crippen LogP contribution in [0.5, 0.6) is 0 Å². The van der Waals surface area contributed by atoms with Crippen molar-refractivity contribution in [2.45, 2.75) is 25.9 Å². The van der Waals surface area contributed by atoms with Gasteiger partial charge in [0.05, 0.1) is 39.3 Å². The first kappa shape index (κ1) is 26.5. The molecule has 3 aromatic heterocycles. The van der Waals surface area contributed by atoms with Gasteiger partial charge in [0.1, 0.15) is 6.54 Å². The Morgan fingerprint density at radius 1 is 1.29 bits per heavy atom. The molecule has 1 atom stereocenters. The van der Waals surface area contributed by atoms with E-state index >= 15 is 0 Å². The number of aliphatic hydroxyl groups is 1. The molecule has 1 aromatic carbocycles. The van der Waals surface area contributed by atoms with E-state index in [2.05, 4.69) is 36.1 Å². The van der Waals surface area contributed by atoms with Crippen LogP contribution in [0.15, 0.2) is 36.5 Å². The molecule has 0 radical (unpaired) electrons. The highest BCUT2D eigenvalue weighted by Gasteiger charge is 2.37. The van der Waals surface area contributed by atoms with Gasteiger partial charge in [0.2, 0.25) is 0 Å². The number of amides is 1. The molecule has 0 aliphatic rings. The van der Waals surface area contributed by atoms with Gasteiger partial charge < -0.3 is 15.7 Å². The van der Waals surface area contributed by atoms with Gasteiger partial charge in [0.15, 0.2) is 12.0 Å². The number of carbonyl (C=O) groups is 1. The van der Waals surface area contributed by atoms with Crippen molar-refractivity contribution in [3.8, 4) is 11.9 Å². The molecule has 0 saturated carbocycles. The maximum absolute atomic E-state index is 12.9. The average Bonchev–Trinajstić information content (AvgIpc) is 3.52. The Bertz CT molecular complexity index is 1540. The molecular weight excluding hydrogens is 529 g/mol. The van der Waals surface area contributed by atoms with Crippen molar-refractivity contribution in [3.05, 3.63) is 75.5 Å². The number of nitriles is 1. The third-order valence-electron chi connectivity index (χ3n) is 5.23. The number of pyridine rings is 1. The number of aliphatic hydroxyl groups excluding tert-OH is 1. The topological polar surface area (TPSA) is 159 Å². The van der Waals surface area contributed by atoms with Crippen molar-refractivity contribution < 1.29 is 23.1 Å². The number of aryl methyl sites for hydroxylation is 1. The fourth-order valence-corrected chi connectivity index (χ4v) is 3.76. The summed E-state index contributed by atoms with van der Waals surface area (Å²) < 4.78 is 39.8. The minimum atomic E-state index is -4.77.